The third kappa shape index (κ3) is 2.42. The van der Waals surface area contributed by atoms with Crippen molar-refractivity contribution in [2.45, 2.75) is 20.4 Å². The second-order valence-corrected chi connectivity index (χ2v) is 4.44. The van der Waals surface area contributed by atoms with E-state index in [9.17, 15) is 14.0 Å². The van der Waals surface area contributed by atoms with Gasteiger partial charge >= 0.3 is 0 Å². The Morgan fingerprint density at radius 3 is 2.58 bits per heavy atom. The summed E-state index contributed by atoms with van der Waals surface area (Å²) in [5.41, 5.74) is 6.13. The van der Waals surface area contributed by atoms with Gasteiger partial charge in [-0.25, -0.2) is 9.07 Å². The third-order valence-corrected chi connectivity index (χ3v) is 3.11. The zero-order chi connectivity index (χ0) is 14.2. The van der Waals surface area contributed by atoms with Gasteiger partial charge in [-0.15, -0.1) is 0 Å². The van der Waals surface area contributed by atoms with E-state index in [-0.39, 0.29) is 23.4 Å². The first-order valence-corrected chi connectivity index (χ1v) is 5.74. The van der Waals surface area contributed by atoms with Crippen LogP contribution < -0.4 is 16.9 Å². The van der Waals surface area contributed by atoms with Crippen LogP contribution in [-0.2, 0) is 6.54 Å². The van der Waals surface area contributed by atoms with E-state index in [1.54, 1.807) is 19.9 Å². The van der Waals surface area contributed by atoms with Crippen LogP contribution in [0.4, 0.5) is 10.1 Å². The van der Waals surface area contributed by atoms with Gasteiger partial charge in [0.05, 0.1) is 12.2 Å². The van der Waals surface area contributed by atoms with Gasteiger partial charge in [0, 0.05) is 11.1 Å². The van der Waals surface area contributed by atoms with Gasteiger partial charge < -0.3 is 5.73 Å². The number of rotatable bonds is 2. The van der Waals surface area contributed by atoms with Gasteiger partial charge in [-0.2, -0.15) is 0 Å². The molecule has 0 aliphatic rings. The Hall–Kier alpha value is -2.37. The van der Waals surface area contributed by atoms with Crippen LogP contribution in [0.15, 0.2) is 27.8 Å². The molecule has 0 unspecified atom stereocenters. The highest BCUT2D eigenvalue weighted by Gasteiger charge is 2.08. The predicted octanol–water partition coefficient (Wildman–Crippen LogP) is 0.923. The van der Waals surface area contributed by atoms with Crippen LogP contribution in [0.3, 0.4) is 0 Å². The van der Waals surface area contributed by atoms with Gasteiger partial charge in [0.1, 0.15) is 5.82 Å². The highest BCUT2D eigenvalue weighted by Crippen LogP contribution is 2.12. The lowest BCUT2D eigenvalue weighted by Crippen LogP contribution is -2.33. The molecular weight excluding hydrogens is 249 g/mol. The Labute approximate surface area is 108 Å². The molecule has 0 radical (unpaired) electrons. The van der Waals surface area contributed by atoms with Crippen LogP contribution >= 0.6 is 0 Å². The number of hydrogen-bond donors (Lipinski definition) is 2. The summed E-state index contributed by atoms with van der Waals surface area (Å²) in [6.45, 7) is 3.27. The fourth-order valence-corrected chi connectivity index (χ4v) is 1.75. The average Bonchev–Trinajstić information content (AvgIpc) is 2.38. The van der Waals surface area contributed by atoms with Crippen LogP contribution in [-0.4, -0.2) is 9.78 Å². The standard InChI is InChI=1S/C13H14FN3O2/c1-7-8(2)13(19)17(16-12(7)18)6-9-3-4-11(15)10(14)5-9/h3-5H,6,15H2,1-2H3,(H,16,18). The quantitative estimate of drug-likeness (QED) is 0.791. The van der Waals surface area contributed by atoms with Gasteiger partial charge in [0.25, 0.3) is 11.1 Å². The normalized spacial score (nSPS) is 10.7. The van der Waals surface area contributed by atoms with Gasteiger partial charge in [-0.3, -0.25) is 14.7 Å². The molecule has 2 aromatic rings. The molecule has 6 heteroatoms. The van der Waals surface area contributed by atoms with Crippen molar-refractivity contribution in [1.29, 1.82) is 0 Å². The molecule has 0 saturated heterocycles. The van der Waals surface area contributed by atoms with E-state index in [0.717, 1.165) is 4.68 Å². The highest BCUT2D eigenvalue weighted by molar-refractivity contribution is 5.41. The summed E-state index contributed by atoms with van der Waals surface area (Å²) in [6.07, 6.45) is 0. The predicted molar refractivity (Wildman–Crippen MR) is 70.7 cm³/mol. The number of nitrogens with one attached hydrogen (secondary N) is 1. The number of nitrogen functional groups attached to an aromatic ring is 1. The Bertz CT molecular complexity index is 747. The number of hydrogen-bond acceptors (Lipinski definition) is 3. The maximum Gasteiger partial charge on any atom is 0.268 e. The number of halogens is 1. The minimum Gasteiger partial charge on any atom is -0.396 e. The monoisotopic (exact) mass is 263 g/mol. The summed E-state index contributed by atoms with van der Waals surface area (Å²) in [5, 5.41) is 2.46. The largest absolute Gasteiger partial charge is 0.396 e. The maximum absolute atomic E-state index is 13.3. The van der Waals surface area contributed by atoms with E-state index in [0.29, 0.717) is 16.7 Å². The average molecular weight is 263 g/mol. The number of nitrogens with two attached hydrogens (primary N) is 1. The van der Waals surface area contributed by atoms with Gasteiger partial charge in [-0.05, 0) is 31.5 Å². The zero-order valence-electron chi connectivity index (χ0n) is 10.7. The Morgan fingerprint density at radius 2 is 1.95 bits per heavy atom. The fourth-order valence-electron chi connectivity index (χ4n) is 1.75. The van der Waals surface area contributed by atoms with E-state index < -0.39 is 5.82 Å². The first-order valence-electron chi connectivity index (χ1n) is 5.74. The van der Waals surface area contributed by atoms with E-state index >= 15 is 0 Å². The summed E-state index contributed by atoms with van der Waals surface area (Å²) < 4.78 is 14.5. The van der Waals surface area contributed by atoms with E-state index in [4.69, 9.17) is 5.73 Å². The lowest BCUT2D eigenvalue weighted by atomic mass is 10.2. The number of aromatic amines is 1. The van der Waals surface area contributed by atoms with Crippen molar-refractivity contribution < 1.29 is 4.39 Å². The number of aromatic nitrogens is 2. The third-order valence-electron chi connectivity index (χ3n) is 3.11. The van der Waals surface area contributed by atoms with Crippen molar-refractivity contribution >= 4 is 5.69 Å². The van der Waals surface area contributed by atoms with Gasteiger partial charge in [0.15, 0.2) is 0 Å². The summed E-state index contributed by atoms with van der Waals surface area (Å²) in [4.78, 5) is 23.6. The van der Waals surface area contributed by atoms with E-state index in [1.165, 1.54) is 12.1 Å². The number of benzene rings is 1. The van der Waals surface area contributed by atoms with Crippen LogP contribution in [0, 0.1) is 19.7 Å². The van der Waals surface area contributed by atoms with Crippen molar-refractivity contribution in [3.63, 3.8) is 0 Å². The molecule has 3 N–H and O–H groups in total. The Kier molecular flexibility index (Phi) is 3.25. The zero-order valence-corrected chi connectivity index (χ0v) is 10.7. The minimum absolute atomic E-state index is 0.0460. The number of anilines is 1. The highest BCUT2D eigenvalue weighted by atomic mass is 19.1. The van der Waals surface area contributed by atoms with Crippen molar-refractivity contribution in [3.05, 3.63) is 61.4 Å². The van der Waals surface area contributed by atoms with Crippen LogP contribution in [0.1, 0.15) is 16.7 Å². The minimum atomic E-state index is -0.545. The molecule has 19 heavy (non-hydrogen) atoms. The number of nitrogens with zero attached hydrogens (tertiary/aromatic N) is 1. The first-order chi connectivity index (χ1) is 8.90. The van der Waals surface area contributed by atoms with Crippen molar-refractivity contribution in [1.82, 2.24) is 9.78 Å². The Balaban J connectivity index is 2.47. The molecule has 0 fully saturated rings. The molecule has 0 aliphatic heterocycles. The summed E-state index contributed by atoms with van der Waals surface area (Å²) in [7, 11) is 0. The molecule has 1 heterocycles. The summed E-state index contributed by atoms with van der Waals surface area (Å²) in [6, 6.07) is 4.28. The lowest BCUT2D eigenvalue weighted by molar-refractivity contribution is 0.603. The Morgan fingerprint density at radius 1 is 1.26 bits per heavy atom. The second kappa shape index (κ2) is 4.72. The van der Waals surface area contributed by atoms with Crippen LogP contribution in [0.2, 0.25) is 0 Å². The van der Waals surface area contributed by atoms with Crippen LogP contribution in [0.25, 0.3) is 0 Å². The molecule has 0 aliphatic carbocycles. The number of H-pyrrole nitrogens is 1. The molecule has 0 amide bonds. The first kappa shape index (κ1) is 13.1. The fraction of sp³-hybridized carbons (Fsp3) is 0.231. The molecule has 2 rings (SSSR count). The molecule has 1 aromatic heterocycles. The van der Waals surface area contributed by atoms with Gasteiger partial charge in [-0.1, -0.05) is 6.07 Å². The SMILES string of the molecule is Cc1c(C)c(=O)n(Cc2ccc(N)c(F)c2)[nH]c1=O. The maximum atomic E-state index is 13.3. The second-order valence-electron chi connectivity index (χ2n) is 4.44. The molecule has 1 aromatic carbocycles. The van der Waals surface area contributed by atoms with Crippen molar-refractivity contribution in [2.24, 2.45) is 0 Å². The molecule has 5 nitrogen and oxygen atoms in total. The van der Waals surface area contributed by atoms with Crippen molar-refractivity contribution in [3.8, 4) is 0 Å². The lowest BCUT2D eigenvalue weighted by Gasteiger charge is -2.08. The molecule has 0 atom stereocenters. The molecule has 0 spiro atoms. The summed E-state index contributed by atoms with van der Waals surface area (Å²) >= 11 is 0. The molecule has 0 bridgehead atoms. The van der Waals surface area contributed by atoms with Gasteiger partial charge in [0.2, 0.25) is 0 Å². The van der Waals surface area contributed by atoms with Crippen molar-refractivity contribution in [2.75, 3.05) is 5.73 Å². The molecule has 0 saturated carbocycles. The summed E-state index contributed by atoms with van der Waals surface area (Å²) in [5.74, 6) is -0.545. The van der Waals surface area contributed by atoms with E-state index in [2.05, 4.69) is 5.10 Å². The van der Waals surface area contributed by atoms with Crippen LogP contribution in [0.5, 0.6) is 0 Å². The molecule has 100 valence electrons. The smallest absolute Gasteiger partial charge is 0.268 e. The van der Waals surface area contributed by atoms with E-state index in [1.807, 2.05) is 0 Å². The molecular formula is C13H14FN3O2. The topological polar surface area (TPSA) is 80.9 Å².